The molecule has 0 aliphatic carbocycles. The van der Waals surface area contributed by atoms with Crippen molar-refractivity contribution in [2.45, 2.75) is 98.3 Å². The van der Waals surface area contributed by atoms with Gasteiger partial charge in [0.15, 0.2) is 0 Å². The Labute approximate surface area is 288 Å². The van der Waals surface area contributed by atoms with E-state index in [2.05, 4.69) is 101 Å². The summed E-state index contributed by atoms with van der Waals surface area (Å²) in [4.78, 5) is 46.4. The SMILES string of the molecule is CC(C)(C)c1cc[nH]c(=O)c1.CC(C)(C)c1ccc2[nH]c(=O)[nH]c2c1.CC(C)(C)c1cccc(O)c1.CC(C)c1ccc2[nH]c(=O)[nH]c2c1. The zero-order valence-corrected chi connectivity index (χ0v) is 30.8. The van der Waals surface area contributed by atoms with Gasteiger partial charge in [-0.3, -0.25) is 4.79 Å². The maximum Gasteiger partial charge on any atom is 0.323 e. The Morgan fingerprint density at radius 3 is 1.45 bits per heavy atom. The van der Waals surface area contributed by atoms with Crippen LogP contribution in [0.2, 0.25) is 0 Å². The van der Waals surface area contributed by atoms with Crippen LogP contribution in [0, 0.1) is 0 Å². The molecule has 0 saturated carbocycles. The van der Waals surface area contributed by atoms with Gasteiger partial charge in [0.2, 0.25) is 5.56 Å². The number of imidazole rings is 2. The molecule has 0 fully saturated rings. The second kappa shape index (κ2) is 15.4. The minimum atomic E-state index is -0.147. The Kier molecular flexibility index (Phi) is 12.1. The number of rotatable bonds is 1. The lowest BCUT2D eigenvalue weighted by atomic mass is 9.87. The van der Waals surface area contributed by atoms with Crippen LogP contribution < -0.4 is 16.9 Å². The van der Waals surface area contributed by atoms with Gasteiger partial charge in [-0.1, -0.05) is 100 Å². The van der Waals surface area contributed by atoms with Crippen LogP contribution in [-0.4, -0.2) is 30.0 Å². The topological polar surface area (TPSA) is 150 Å². The Hall–Kier alpha value is -5.05. The van der Waals surface area contributed by atoms with Crippen LogP contribution in [0.5, 0.6) is 5.75 Å². The molecule has 0 aliphatic heterocycles. The summed E-state index contributed by atoms with van der Waals surface area (Å²) in [5.74, 6) is 0.834. The summed E-state index contributed by atoms with van der Waals surface area (Å²) in [6.45, 7) is 23.4. The Morgan fingerprint density at radius 1 is 0.531 bits per heavy atom. The lowest BCUT2D eigenvalue weighted by Gasteiger charge is -2.18. The summed E-state index contributed by atoms with van der Waals surface area (Å²) in [7, 11) is 0. The van der Waals surface area contributed by atoms with Crippen LogP contribution in [0.25, 0.3) is 22.1 Å². The van der Waals surface area contributed by atoms with Crippen LogP contribution in [0.15, 0.2) is 93.4 Å². The molecule has 0 spiro atoms. The lowest BCUT2D eigenvalue weighted by molar-refractivity contribution is 0.471. The molecule has 3 heterocycles. The van der Waals surface area contributed by atoms with E-state index in [0.29, 0.717) is 11.7 Å². The summed E-state index contributed by atoms with van der Waals surface area (Å²) < 4.78 is 0. The van der Waals surface area contributed by atoms with Crippen molar-refractivity contribution in [3.63, 3.8) is 0 Å². The fourth-order valence-corrected chi connectivity index (χ4v) is 4.79. The monoisotopic (exact) mass is 667 g/mol. The highest BCUT2D eigenvalue weighted by Crippen LogP contribution is 2.25. The van der Waals surface area contributed by atoms with Gasteiger partial charge in [-0.05, 0) is 86.9 Å². The van der Waals surface area contributed by atoms with Crippen molar-refractivity contribution < 1.29 is 5.11 Å². The molecule has 0 amide bonds. The fourth-order valence-electron chi connectivity index (χ4n) is 4.79. The predicted octanol–water partition coefficient (Wildman–Crippen LogP) is 8.50. The normalized spacial score (nSPS) is 11.7. The number of hydrogen-bond acceptors (Lipinski definition) is 4. The fraction of sp³-hybridized carbons (Fsp3) is 0.375. The summed E-state index contributed by atoms with van der Waals surface area (Å²) in [6, 6.07) is 23.0. The summed E-state index contributed by atoms with van der Waals surface area (Å²) in [5.41, 5.74) is 8.17. The largest absolute Gasteiger partial charge is 0.508 e. The van der Waals surface area contributed by atoms with E-state index < -0.39 is 0 Å². The number of fused-ring (bicyclic) bond motifs is 2. The third kappa shape index (κ3) is 11.6. The number of aromatic amines is 5. The number of H-pyrrole nitrogens is 5. The molecule has 9 heteroatoms. The number of nitrogens with one attached hydrogen (secondary N) is 5. The molecule has 6 aromatic rings. The number of pyridine rings is 1. The van der Waals surface area contributed by atoms with E-state index in [4.69, 9.17) is 0 Å². The summed E-state index contributed by atoms with van der Waals surface area (Å²) >= 11 is 0. The van der Waals surface area contributed by atoms with Crippen LogP contribution in [-0.2, 0) is 16.2 Å². The van der Waals surface area contributed by atoms with Crippen LogP contribution >= 0.6 is 0 Å². The van der Waals surface area contributed by atoms with Gasteiger partial charge < -0.3 is 30.0 Å². The van der Waals surface area contributed by atoms with Gasteiger partial charge in [0.05, 0.1) is 22.1 Å². The van der Waals surface area contributed by atoms with Crippen LogP contribution in [0.4, 0.5) is 0 Å². The van der Waals surface area contributed by atoms with Gasteiger partial charge in [0.25, 0.3) is 0 Å². The maximum absolute atomic E-state index is 11.0. The average molecular weight is 668 g/mol. The predicted molar refractivity (Wildman–Crippen MR) is 203 cm³/mol. The smallest absolute Gasteiger partial charge is 0.323 e. The molecule has 0 unspecified atom stereocenters. The molecule has 49 heavy (non-hydrogen) atoms. The number of aromatic hydroxyl groups is 1. The van der Waals surface area contributed by atoms with Crippen molar-refractivity contribution in [2.75, 3.05) is 0 Å². The number of phenolic OH excluding ortho intramolecular Hbond substituents is 1. The molecule has 0 radical (unpaired) electrons. The van der Waals surface area contributed by atoms with E-state index in [1.165, 1.54) is 11.1 Å². The molecule has 9 nitrogen and oxygen atoms in total. The summed E-state index contributed by atoms with van der Waals surface area (Å²) in [5, 5.41) is 9.18. The molecule has 262 valence electrons. The standard InChI is InChI=1S/C11H14N2O.C10H12N2O.C10H14O.C9H13NO/c1-11(2,3)7-4-5-8-9(6-7)13-10(14)12-8;1-6(2)7-3-4-8-9(5-7)12-10(13)11-8;1-10(2,3)8-5-4-6-9(11)7-8;1-9(2,3)7-4-5-10-8(11)6-7/h4-6H,1-3H3,(H2,12,13,14);3-6H,1-2H3,(H2,11,12,13);4-7,11H,1-3H3;4-6H,1-3H3,(H,10,11). The van der Waals surface area contributed by atoms with E-state index in [1.807, 2.05) is 54.6 Å². The number of hydrogen-bond donors (Lipinski definition) is 6. The van der Waals surface area contributed by atoms with Gasteiger partial charge in [0, 0.05) is 12.3 Å². The lowest BCUT2D eigenvalue weighted by Crippen LogP contribution is -2.15. The Balaban J connectivity index is 0.000000178. The number of benzene rings is 3. The van der Waals surface area contributed by atoms with E-state index in [-0.39, 0.29) is 33.2 Å². The quantitative estimate of drug-likeness (QED) is 0.104. The minimum absolute atomic E-state index is 0.0302. The first-order chi connectivity index (χ1) is 22.6. The van der Waals surface area contributed by atoms with Gasteiger partial charge in [-0.15, -0.1) is 0 Å². The number of aromatic nitrogens is 5. The third-order valence-electron chi connectivity index (χ3n) is 7.94. The molecular formula is C40H53N5O4. The van der Waals surface area contributed by atoms with Crippen LogP contribution in [0.3, 0.4) is 0 Å². The van der Waals surface area contributed by atoms with Gasteiger partial charge in [-0.25, -0.2) is 9.59 Å². The van der Waals surface area contributed by atoms with Crippen molar-refractivity contribution in [2.24, 2.45) is 0 Å². The highest BCUT2D eigenvalue weighted by atomic mass is 16.3. The Bertz CT molecular complexity index is 2140. The second-order valence-electron chi connectivity index (χ2n) is 15.6. The van der Waals surface area contributed by atoms with E-state index in [0.717, 1.165) is 33.2 Å². The van der Waals surface area contributed by atoms with E-state index in [1.54, 1.807) is 24.4 Å². The molecule has 0 atom stereocenters. The molecule has 6 rings (SSSR count). The minimum Gasteiger partial charge on any atom is -0.508 e. The van der Waals surface area contributed by atoms with Crippen molar-refractivity contribution in [3.8, 4) is 5.75 Å². The number of phenols is 1. The first kappa shape index (κ1) is 38.4. The third-order valence-corrected chi connectivity index (χ3v) is 7.94. The summed E-state index contributed by atoms with van der Waals surface area (Å²) in [6.07, 6.45) is 1.68. The first-order valence-corrected chi connectivity index (χ1v) is 16.6. The van der Waals surface area contributed by atoms with Crippen LogP contribution in [0.1, 0.15) is 104 Å². The molecule has 0 aliphatic rings. The molecule has 6 N–H and O–H groups in total. The van der Waals surface area contributed by atoms with Crippen molar-refractivity contribution in [1.29, 1.82) is 0 Å². The first-order valence-electron chi connectivity index (χ1n) is 16.6. The van der Waals surface area contributed by atoms with Gasteiger partial charge >= 0.3 is 11.4 Å². The van der Waals surface area contributed by atoms with E-state index in [9.17, 15) is 19.5 Å². The van der Waals surface area contributed by atoms with Crippen molar-refractivity contribution in [1.82, 2.24) is 24.9 Å². The average Bonchev–Trinajstić information content (AvgIpc) is 3.56. The van der Waals surface area contributed by atoms with Crippen molar-refractivity contribution in [3.05, 3.63) is 133 Å². The molecule has 3 aromatic heterocycles. The molecule has 3 aromatic carbocycles. The van der Waals surface area contributed by atoms with Gasteiger partial charge in [-0.2, -0.15) is 0 Å². The molecule has 0 bridgehead atoms. The second-order valence-corrected chi connectivity index (χ2v) is 15.6. The Morgan fingerprint density at radius 2 is 1.00 bits per heavy atom. The molecule has 0 saturated heterocycles. The van der Waals surface area contributed by atoms with Crippen molar-refractivity contribution >= 4 is 22.1 Å². The molecular weight excluding hydrogens is 614 g/mol. The highest BCUT2D eigenvalue weighted by Gasteiger charge is 2.15. The van der Waals surface area contributed by atoms with E-state index >= 15 is 0 Å². The highest BCUT2D eigenvalue weighted by molar-refractivity contribution is 5.76. The van der Waals surface area contributed by atoms with Gasteiger partial charge in [0.1, 0.15) is 5.75 Å². The zero-order chi connectivity index (χ0) is 36.7. The zero-order valence-electron chi connectivity index (χ0n) is 30.8. The maximum atomic E-state index is 11.0.